The highest BCUT2D eigenvalue weighted by Crippen LogP contribution is 2.29. The van der Waals surface area contributed by atoms with E-state index in [0.717, 1.165) is 24.3 Å². The first-order valence-electron chi connectivity index (χ1n) is 4.48. The molecule has 1 rings (SSSR count). The molecular formula is C10H8F3NO3. The van der Waals surface area contributed by atoms with Gasteiger partial charge in [-0.2, -0.15) is 13.2 Å². The molecule has 0 aliphatic carbocycles. The average Bonchev–Trinajstić information content (AvgIpc) is 2.15. The summed E-state index contributed by atoms with van der Waals surface area (Å²) in [6.45, 7) is 0. The van der Waals surface area contributed by atoms with Crippen LogP contribution in [0.15, 0.2) is 24.3 Å². The van der Waals surface area contributed by atoms with Gasteiger partial charge in [0.25, 0.3) is 0 Å². The van der Waals surface area contributed by atoms with Gasteiger partial charge in [0, 0.05) is 5.69 Å². The topological polar surface area (TPSA) is 66.4 Å². The number of aliphatic carboxylic acids is 1. The molecule has 0 saturated carbocycles. The largest absolute Gasteiger partial charge is 0.481 e. The highest BCUT2D eigenvalue weighted by molar-refractivity contribution is 6.01. The number of carbonyl (C=O) groups excluding carboxylic acids is 1. The van der Waals surface area contributed by atoms with Gasteiger partial charge in [-0.15, -0.1) is 0 Å². The van der Waals surface area contributed by atoms with Crippen molar-refractivity contribution in [3.8, 4) is 0 Å². The predicted molar refractivity (Wildman–Crippen MR) is 52.3 cm³/mol. The molecule has 1 aromatic carbocycles. The fourth-order valence-corrected chi connectivity index (χ4v) is 1.09. The van der Waals surface area contributed by atoms with Crippen molar-refractivity contribution in [2.45, 2.75) is 12.6 Å². The average molecular weight is 247 g/mol. The first kappa shape index (κ1) is 13.0. The van der Waals surface area contributed by atoms with Crippen molar-refractivity contribution in [3.05, 3.63) is 29.8 Å². The van der Waals surface area contributed by atoms with Crippen LogP contribution >= 0.6 is 0 Å². The molecule has 0 aromatic heterocycles. The van der Waals surface area contributed by atoms with Crippen LogP contribution in [-0.4, -0.2) is 17.0 Å². The van der Waals surface area contributed by atoms with Crippen molar-refractivity contribution < 1.29 is 27.9 Å². The quantitative estimate of drug-likeness (QED) is 0.804. The monoisotopic (exact) mass is 247 g/mol. The number of alkyl halides is 3. The van der Waals surface area contributed by atoms with Gasteiger partial charge in [0.05, 0.1) is 5.56 Å². The Morgan fingerprint density at radius 1 is 1.18 bits per heavy atom. The number of benzene rings is 1. The summed E-state index contributed by atoms with van der Waals surface area (Å²) in [5, 5.41) is 10.5. The van der Waals surface area contributed by atoms with Crippen molar-refractivity contribution in [1.82, 2.24) is 0 Å². The molecule has 0 bridgehead atoms. The van der Waals surface area contributed by atoms with Gasteiger partial charge in [-0.3, -0.25) is 9.59 Å². The maximum atomic E-state index is 12.2. The van der Waals surface area contributed by atoms with Crippen molar-refractivity contribution in [1.29, 1.82) is 0 Å². The van der Waals surface area contributed by atoms with Gasteiger partial charge in [0.1, 0.15) is 6.42 Å². The van der Waals surface area contributed by atoms with Gasteiger partial charge in [-0.1, -0.05) is 0 Å². The number of nitrogens with one attached hydrogen (secondary N) is 1. The standard InChI is InChI=1S/C10H8F3NO3/c11-10(12,13)6-1-3-7(4-2-6)14-8(15)5-9(16)17/h1-4H,5H2,(H,14,15)(H,16,17). The molecule has 0 saturated heterocycles. The van der Waals surface area contributed by atoms with Crippen LogP contribution in [-0.2, 0) is 15.8 Å². The fourth-order valence-electron chi connectivity index (χ4n) is 1.09. The summed E-state index contributed by atoms with van der Waals surface area (Å²) in [5.41, 5.74) is -0.724. The normalized spacial score (nSPS) is 11.0. The zero-order valence-electron chi connectivity index (χ0n) is 8.41. The molecule has 0 aliphatic rings. The van der Waals surface area contributed by atoms with E-state index in [9.17, 15) is 22.8 Å². The Labute approximate surface area is 94.1 Å². The van der Waals surface area contributed by atoms with E-state index < -0.39 is 30.0 Å². The minimum Gasteiger partial charge on any atom is -0.481 e. The summed E-state index contributed by atoms with van der Waals surface area (Å²) in [7, 11) is 0. The first-order valence-corrected chi connectivity index (χ1v) is 4.48. The predicted octanol–water partition coefficient (Wildman–Crippen LogP) is 2.12. The number of anilines is 1. The summed E-state index contributed by atoms with van der Waals surface area (Å²) < 4.78 is 36.6. The lowest BCUT2D eigenvalue weighted by Crippen LogP contribution is -2.16. The van der Waals surface area contributed by atoms with Crippen LogP contribution in [0.25, 0.3) is 0 Å². The Morgan fingerprint density at radius 3 is 2.12 bits per heavy atom. The zero-order chi connectivity index (χ0) is 13.1. The van der Waals surface area contributed by atoms with Crippen LogP contribution in [0.4, 0.5) is 18.9 Å². The van der Waals surface area contributed by atoms with Gasteiger partial charge in [-0.25, -0.2) is 0 Å². The highest BCUT2D eigenvalue weighted by atomic mass is 19.4. The van der Waals surface area contributed by atoms with E-state index in [2.05, 4.69) is 5.32 Å². The fraction of sp³-hybridized carbons (Fsp3) is 0.200. The Hall–Kier alpha value is -2.05. The van der Waals surface area contributed by atoms with E-state index in [-0.39, 0.29) is 5.69 Å². The number of hydrogen-bond acceptors (Lipinski definition) is 2. The number of carboxylic acid groups (broad SMARTS) is 1. The van der Waals surface area contributed by atoms with Crippen LogP contribution in [0.3, 0.4) is 0 Å². The maximum absolute atomic E-state index is 12.2. The summed E-state index contributed by atoms with van der Waals surface area (Å²) in [6, 6.07) is 3.72. The van der Waals surface area contributed by atoms with Gasteiger partial charge >= 0.3 is 12.1 Å². The molecule has 0 heterocycles. The minimum absolute atomic E-state index is 0.115. The van der Waals surface area contributed by atoms with Crippen molar-refractivity contribution in [3.63, 3.8) is 0 Å². The number of amides is 1. The molecule has 1 aromatic rings. The van der Waals surface area contributed by atoms with Crippen LogP contribution in [0.5, 0.6) is 0 Å². The summed E-state index contributed by atoms with van der Waals surface area (Å²) in [6.07, 6.45) is -5.18. The van der Waals surface area contributed by atoms with Crippen LogP contribution in [0.1, 0.15) is 12.0 Å². The minimum atomic E-state index is -4.44. The van der Waals surface area contributed by atoms with Crippen LogP contribution in [0.2, 0.25) is 0 Å². The lowest BCUT2D eigenvalue weighted by atomic mass is 10.2. The molecule has 0 radical (unpaired) electrons. The molecule has 2 N–H and O–H groups in total. The number of halogens is 3. The lowest BCUT2D eigenvalue weighted by Gasteiger charge is -2.08. The molecule has 92 valence electrons. The molecule has 0 fully saturated rings. The van der Waals surface area contributed by atoms with Gasteiger partial charge in [-0.05, 0) is 24.3 Å². The Morgan fingerprint density at radius 2 is 1.71 bits per heavy atom. The van der Waals surface area contributed by atoms with Gasteiger partial charge < -0.3 is 10.4 Å². The molecule has 0 unspecified atom stereocenters. The number of hydrogen-bond donors (Lipinski definition) is 2. The second-order valence-corrected chi connectivity index (χ2v) is 3.19. The van der Waals surface area contributed by atoms with E-state index in [4.69, 9.17) is 5.11 Å². The van der Waals surface area contributed by atoms with E-state index in [1.165, 1.54) is 0 Å². The summed E-state index contributed by atoms with van der Waals surface area (Å²) >= 11 is 0. The second-order valence-electron chi connectivity index (χ2n) is 3.19. The third-order valence-corrected chi connectivity index (χ3v) is 1.81. The third kappa shape index (κ3) is 4.13. The Kier molecular flexibility index (Phi) is 3.72. The van der Waals surface area contributed by atoms with E-state index in [1.807, 2.05) is 0 Å². The molecule has 0 aliphatic heterocycles. The first-order chi connectivity index (χ1) is 7.79. The molecule has 7 heteroatoms. The Balaban J connectivity index is 2.69. The van der Waals surface area contributed by atoms with Crippen molar-refractivity contribution in [2.24, 2.45) is 0 Å². The molecule has 0 spiro atoms. The second kappa shape index (κ2) is 4.86. The smallest absolute Gasteiger partial charge is 0.416 e. The summed E-state index contributed by atoms with van der Waals surface area (Å²) in [4.78, 5) is 21.2. The summed E-state index contributed by atoms with van der Waals surface area (Å²) in [5.74, 6) is -2.10. The SMILES string of the molecule is O=C(O)CC(=O)Nc1ccc(C(F)(F)F)cc1. The molecule has 4 nitrogen and oxygen atoms in total. The lowest BCUT2D eigenvalue weighted by molar-refractivity contribution is -0.140. The van der Waals surface area contributed by atoms with Crippen molar-refractivity contribution in [2.75, 3.05) is 5.32 Å². The van der Waals surface area contributed by atoms with E-state index >= 15 is 0 Å². The third-order valence-electron chi connectivity index (χ3n) is 1.81. The number of carbonyl (C=O) groups is 2. The zero-order valence-corrected chi connectivity index (χ0v) is 8.41. The molecule has 1 amide bonds. The number of rotatable bonds is 3. The highest BCUT2D eigenvalue weighted by Gasteiger charge is 2.29. The maximum Gasteiger partial charge on any atom is 0.416 e. The van der Waals surface area contributed by atoms with Crippen LogP contribution in [0, 0.1) is 0 Å². The molecule has 17 heavy (non-hydrogen) atoms. The van der Waals surface area contributed by atoms with Crippen molar-refractivity contribution >= 4 is 17.6 Å². The molecule has 0 atom stereocenters. The van der Waals surface area contributed by atoms with Crippen LogP contribution < -0.4 is 5.32 Å². The van der Waals surface area contributed by atoms with Gasteiger partial charge in [0.2, 0.25) is 5.91 Å². The van der Waals surface area contributed by atoms with Gasteiger partial charge in [0.15, 0.2) is 0 Å². The van der Waals surface area contributed by atoms with E-state index in [1.54, 1.807) is 0 Å². The number of carboxylic acids is 1. The van der Waals surface area contributed by atoms with E-state index in [0.29, 0.717) is 0 Å². The Bertz CT molecular complexity index is 425. The molecular weight excluding hydrogens is 239 g/mol.